The van der Waals surface area contributed by atoms with E-state index in [1.807, 2.05) is 0 Å². The average molecular weight is 278 g/mol. The van der Waals surface area contributed by atoms with Gasteiger partial charge in [0.2, 0.25) is 0 Å². The fourth-order valence-electron chi connectivity index (χ4n) is 4.16. The van der Waals surface area contributed by atoms with Crippen molar-refractivity contribution in [1.29, 1.82) is 0 Å². The summed E-state index contributed by atoms with van der Waals surface area (Å²) in [6.07, 6.45) is 3.56. The van der Waals surface area contributed by atoms with Crippen LogP contribution in [0, 0.1) is 5.92 Å². The fourth-order valence-corrected chi connectivity index (χ4v) is 4.16. The van der Waals surface area contributed by atoms with Gasteiger partial charge in [-0.25, -0.2) is 0 Å². The number of rotatable bonds is 3. The molecular weight excluding hydrogens is 254 g/mol. The molecule has 2 saturated carbocycles. The molecule has 4 heteroatoms. The molecule has 0 radical (unpaired) electrons. The molecule has 0 aromatic heterocycles. The average Bonchev–Trinajstić information content (AvgIpc) is 3.14. The Hall–Kier alpha value is -0.198. The van der Waals surface area contributed by atoms with Crippen LogP contribution >= 0.6 is 0 Å². The third-order valence-corrected chi connectivity index (χ3v) is 6.39. The van der Waals surface area contributed by atoms with E-state index in [4.69, 9.17) is 9.31 Å². The van der Waals surface area contributed by atoms with Crippen molar-refractivity contribution >= 4 is 6.55 Å². The first-order valence-electron chi connectivity index (χ1n) is 7.90. The van der Waals surface area contributed by atoms with Crippen molar-refractivity contribution in [3.63, 3.8) is 0 Å². The Morgan fingerprint density at radius 2 is 1.48 bits per heavy atom. The maximum Gasteiger partial charge on any atom is 1.00 e. The Kier molecular flexibility index (Phi) is 3.30. The minimum atomic E-state index is -1.20. The monoisotopic (exact) mass is 278 g/mol. The van der Waals surface area contributed by atoms with Crippen LogP contribution < -0.4 is 18.9 Å². The molecule has 0 spiro atoms. The number of hydrogen-bond acceptors (Lipinski definition) is 2. The zero-order valence-corrected chi connectivity index (χ0v) is 14.0. The van der Waals surface area contributed by atoms with E-state index in [0.717, 1.165) is 12.2 Å². The van der Waals surface area contributed by atoms with Crippen LogP contribution in [0.15, 0.2) is 30.3 Å². The van der Waals surface area contributed by atoms with Crippen molar-refractivity contribution in [3.8, 4) is 0 Å². The van der Waals surface area contributed by atoms with Gasteiger partial charge in [0.1, 0.15) is 0 Å². The molecule has 0 bridgehead atoms. The number of benzene rings is 1. The summed E-state index contributed by atoms with van der Waals surface area (Å²) in [6, 6.07) is 10.7. The second-order valence-electron chi connectivity index (χ2n) is 8.15. The summed E-state index contributed by atoms with van der Waals surface area (Å²) in [5, 5.41) is 0.376. The molecule has 2 aliphatic carbocycles. The van der Waals surface area contributed by atoms with Crippen molar-refractivity contribution in [1.82, 2.24) is 0 Å². The van der Waals surface area contributed by atoms with Crippen LogP contribution in [-0.4, -0.2) is 17.8 Å². The molecule has 1 aromatic carbocycles. The summed E-state index contributed by atoms with van der Waals surface area (Å²) in [6.45, 7) is 7.52. The Morgan fingerprint density at radius 1 is 1.00 bits per heavy atom. The van der Waals surface area contributed by atoms with Crippen LogP contribution in [0.25, 0.3) is 0 Å². The molecule has 108 valence electrons. The molecule has 4 rings (SSSR count). The van der Waals surface area contributed by atoms with E-state index >= 15 is 0 Å². The van der Waals surface area contributed by atoms with Crippen molar-refractivity contribution in [2.24, 2.45) is 5.92 Å². The number of fused-ring (bicyclic) bond motifs is 1. The fraction of sp³-hybridized carbons (Fsp3) is 0.647. The first-order valence-corrected chi connectivity index (χ1v) is 7.90. The molecule has 1 saturated heterocycles. The molecule has 3 aliphatic rings. The second-order valence-corrected chi connectivity index (χ2v) is 8.15. The van der Waals surface area contributed by atoms with Gasteiger partial charge in [0.15, 0.2) is 0 Å². The molecule has 0 N–H and O–H groups in total. The van der Waals surface area contributed by atoms with E-state index in [1.54, 1.807) is 0 Å². The third kappa shape index (κ3) is 2.09. The van der Waals surface area contributed by atoms with Crippen LogP contribution in [0.5, 0.6) is 0 Å². The van der Waals surface area contributed by atoms with Crippen LogP contribution in [0.3, 0.4) is 0 Å². The first-order chi connectivity index (χ1) is 9.30. The SMILES string of the molecule is CC1(C)O[B-](Cc2ccccc2)(C23CC2C3)OC1(C)C.[Li+]. The van der Waals surface area contributed by atoms with Crippen LogP contribution in [0.2, 0.25) is 5.31 Å². The van der Waals surface area contributed by atoms with Crippen LogP contribution in [-0.2, 0) is 15.6 Å². The Bertz CT molecular complexity index is 533. The van der Waals surface area contributed by atoms with Gasteiger partial charge < -0.3 is 9.31 Å². The van der Waals surface area contributed by atoms with Crippen LogP contribution in [0.4, 0.5) is 0 Å². The quantitative estimate of drug-likeness (QED) is 0.767. The predicted molar refractivity (Wildman–Crippen MR) is 81.6 cm³/mol. The maximum absolute atomic E-state index is 6.66. The van der Waals surface area contributed by atoms with Crippen LogP contribution in [0.1, 0.15) is 46.1 Å². The van der Waals surface area contributed by atoms with Gasteiger partial charge in [0.25, 0.3) is 6.55 Å². The van der Waals surface area contributed by atoms with E-state index in [2.05, 4.69) is 58.0 Å². The molecule has 21 heavy (non-hydrogen) atoms. The standard InChI is InChI=1S/C17H24BO2.Li/c1-15(2)16(3,4)20-18(19-15,17-10-14(17)11-17)12-13-8-6-5-7-9-13;/h5-9,14H,10-12H2,1-4H3;/q-1;+1. The molecule has 1 aromatic rings. The molecule has 2 nitrogen and oxygen atoms in total. The van der Waals surface area contributed by atoms with E-state index in [9.17, 15) is 0 Å². The van der Waals surface area contributed by atoms with Crippen molar-refractivity contribution in [2.45, 2.75) is 63.4 Å². The molecule has 0 atom stereocenters. The van der Waals surface area contributed by atoms with Gasteiger partial charge in [0, 0.05) is 11.2 Å². The summed E-state index contributed by atoms with van der Waals surface area (Å²) < 4.78 is 13.3. The third-order valence-electron chi connectivity index (χ3n) is 6.39. The molecule has 0 amide bonds. The van der Waals surface area contributed by atoms with Gasteiger partial charge in [-0.1, -0.05) is 60.0 Å². The summed E-state index contributed by atoms with van der Waals surface area (Å²) in [5.74, 6) is 0.871. The summed E-state index contributed by atoms with van der Waals surface area (Å²) in [5.41, 5.74) is 0.909. The van der Waals surface area contributed by atoms with E-state index < -0.39 is 6.55 Å². The van der Waals surface area contributed by atoms with E-state index in [0.29, 0.717) is 5.31 Å². The van der Waals surface area contributed by atoms with Crippen molar-refractivity contribution in [2.75, 3.05) is 0 Å². The zero-order chi connectivity index (χ0) is 14.2. The van der Waals surface area contributed by atoms with Gasteiger partial charge in [-0.2, -0.15) is 0 Å². The minimum Gasteiger partial charge on any atom is -0.561 e. The minimum absolute atomic E-state index is 0. The Morgan fingerprint density at radius 3 is 1.90 bits per heavy atom. The predicted octanol–water partition coefficient (Wildman–Crippen LogP) is 0.982. The van der Waals surface area contributed by atoms with Gasteiger partial charge >= 0.3 is 18.9 Å². The van der Waals surface area contributed by atoms with Crippen molar-refractivity contribution < 1.29 is 28.2 Å². The largest absolute Gasteiger partial charge is 1.00 e. The van der Waals surface area contributed by atoms with Gasteiger partial charge in [0.05, 0.1) is 0 Å². The topological polar surface area (TPSA) is 18.5 Å². The summed E-state index contributed by atoms with van der Waals surface area (Å²) in [7, 11) is 0. The first kappa shape index (κ1) is 15.7. The zero-order valence-electron chi connectivity index (χ0n) is 14.0. The summed E-state index contributed by atoms with van der Waals surface area (Å²) in [4.78, 5) is 0. The molecule has 1 heterocycles. The normalized spacial score (nSPS) is 36.5. The smallest absolute Gasteiger partial charge is 0.561 e. The number of hydrogen-bond donors (Lipinski definition) is 0. The van der Waals surface area contributed by atoms with Gasteiger partial charge in [-0.15, -0.1) is 6.32 Å². The second kappa shape index (κ2) is 4.42. The molecular formula is C17H24BLiO2. The summed E-state index contributed by atoms with van der Waals surface area (Å²) >= 11 is 0. The molecule has 0 unspecified atom stereocenters. The molecule has 1 aliphatic heterocycles. The Labute approximate surface area is 140 Å². The van der Waals surface area contributed by atoms with Gasteiger partial charge in [-0.05, 0) is 27.7 Å². The van der Waals surface area contributed by atoms with Crippen molar-refractivity contribution in [3.05, 3.63) is 35.9 Å². The molecule has 3 fully saturated rings. The maximum atomic E-state index is 6.66. The van der Waals surface area contributed by atoms with E-state index in [1.165, 1.54) is 18.4 Å². The van der Waals surface area contributed by atoms with E-state index in [-0.39, 0.29) is 30.1 Å². The Balaban J connectivity index is 0.00000132. The van der Waals surface area contributed by atoms with Gasteiger partial charge in [-0.3, -0.25) is 0 Å².